The molecule has 6 heteroatoms. The molecule has 0 aliphatic carbocycles. The van der Waals surface area contributed by atoms with Crippen LogP contribution in [0.2, 0.25) is 0 Å². The summed E-state index contributed by atoms with van der Waals surface area (Å²) in [4.78, 5) is 0. The third-order valence-electron chi connectivity index (χ3n) is 1.46. The molecule has 0 N–H and O–H groups in total. The van der Waals surface area contributed by atoms with Crippen LogP contribution in [0.25, 0.3) is 0 Å². The van der Waals surface area contributed by atoms with Crippen molar-refractivity contribution in [3.05, 3.63) is 21.5 Å². The van der Waals surface area contributed by atoms with Crippen molar-refractivity contribution < 1.29 is 22.6 Å². The van der Waals surface area contributed by atoms with Gasteiger partial charge < -0.3 is 9.47 Å². The van der Waals surface area contributed by atoms with Crippen molar-refractivity contribution in [2.45, 2.75) is 6.29 Å². The highest BCUT2D eigenvalue weighted by Crippen LogP contribution is 2.44. The predicted molar refractivity (Wildman–Crippen MR) is 45.3 cm³/mol. The Labute approximate surface area is 84.8 Å². The van der Waals surface area contributed by atoms with Gasteiger partial charge in [0.1, 0.15) is 5.82 Å². The van der Waals surface area contributed by atoms with E-state index in [-0.39, 0.29) is 15.1 Å². The first kappa shape index (κ1) is 8.92. The predicted octanol–water partition coefficient (Wildman–Crippen LogP) is 2.75. The number of hydrogen-bond donors (Lipinski definition) is 0. The van der Waals surface area contributed by atoms with E-state index in [2.05, 4.69) is 9.47 Å². The molecule has 2 rings (SSSR count). The molecule has 1 aromatic carbocycles. The molecule has 0 aromatic heterocycles. The van der Waals surface area contributed by atoms with Gasteiger partial charge in [-0.25, -0.2) is 4.39 Å². The molecule has 0 saturated heterocycles. The molecule has 0 radical (unpaired) electrons. The van der Waals surface area contributed by atoms with Crippen LogP contribution in [0, 0.1) is 9.39 Å². The highest BCUT2D eigenvalue weighted by Gasteiger charge is 2.44. The summed E-state index contributed by atoms with van der Waals surface area (Å²) < 4.78 is 46.0. The van der Waals surface area contributed by atoms with Crippen molar-refractivity contribution in [2.24, 2.45) is 0 Å². The van der Waals surface area contributed by atoms with Gasteiger partial charge in [-0.05, 0) is 34.7 Å². The molecule has 0 spiro atoms. The molecule has 0 atom stereocenters. The number of ether oxygens (including phenoxy) is 2. The second-order valence-corrected chi connectivity index (χ2v) is 3.43. The highest BCUT2D eigenvalue weighted by molar-refractivity contribution is 14.1. The Hall–Kier alpha value is -0.660. The van der Waals surface area contributed by atoms with E-state index in [4.69, 9.17) is 0 Å². The number of hydrogen-bond acceptors (Lipinski definition) is 2. The Bertz CT molecular complexity index is 367. The van der Waals surface area contributed by atoms with Crippen LogP contribution in [0.3, 0.4) is 0 Å². The van der Waals surface area contributed by atoms with Gasteiger partial charge in [0.25, 0.3) is 0 Å². The summed E-state index contributed by atoms with van der Waals surface area (Å²) in [6, 6.07) is 2.15. The highest BCUT2D eigenvalue weighted by atomic mass is 127. The zero-order valence-electron chi connectivity index (χ0n) is 5.98. The van der Waals surface area contributed by atoms with Crippen LogP contribution in [0.15, 0.2) is 12.1 Å². The fourth-order valence-electron chi connectivity index (χ4n) is 0.957. The summed E-state index contributed by atoms with van der Waals surface area (Å²) >= 11 is 1.57. The van der Waals surface area contributed by atoms with E-state index in [1.165, 1.54) is 0 Å². The van der Waals surface area contributed by atoms with E-state index >= 15 is 0 Å². The van der Waals surface area contributed by atoms with Gasteiger partial charge in [-0.1, -0.05) is 0 Å². The lowest BCUT2D eigenvalue weighted by Gasteiger charge is -2.04. The van der Waals surface area contributed by atoms with Gasteiger partial charge in [-0.15, -0.1) is 8.78 Å². The summed E-state index contributed by atoms with van der Waals surface area (Å²) in [6.45, 7) is 0. The van der Waals surface area contributed by atoms with Crippen molar-refractivity contribution in [1.29, 1.82) is 0 Å². The molecule has 0 saturated carbocycles. The van der Waals surface area contributed by atoms with Crippen LogP contribution in [-0.2, 0) is 0 Å². The van der Waals surface area contributed by atoms with Crippen molar-refractivity contribution in [2.75, 3.05) is 0 Å². The van der Waals surface area contributed by atoms with E-state index in [9.17, 15) is 13.2 Å². The maximum absolute atomic E-state index is 12.8. The zero-order chi connectivity index (χ0) is 9.64. The maximum Gasteiger partial charge on any atom is 0.586 e. The standard InChI is InChI=1S/C7H2F3IO2/c8-3-1-2-4-6(5(3)11)13-7(9,10)12-4/h1-2H. The van der Waals surface area contributed by atoms with E-state index in [0.717, 1.165) is 12.1 Å². The van der Waals surface area contributed by atoms with Gasteiger partial charge in [0.2, 0.25) is 0 Å². The third kappa shape index (κ3) is 1.43. The van der Waals surface area contributed by atoms with E-state index in [0.29, 0.717) is 0 Å². The van der Waals surface area contributed by atoms with Crippen molar-refractivity contribution in [3.8, 4) is 11.5 Å². The van der Waals surface area contributed by atoms with E-state index < -0.39 is 12.1 Å². The van der Waals surface area contributed by atoms with Crippen molar-refractivity contribution >= 4 is 22.6 Å². The largest absolute Gasteiger partial charge is 0.586 e. The van der Waals surface area contributed by atoms with Crippen LogP contribution < -0.4 is 9.47 Å². The maximum atomic E-state index is 12.8. The molecule has 1 heterocycles. The summed E-state index contributed by atoms with van der Waals surface area (Å²) in [5, 5.41) is 0. The number of alkyl halides is 2. The van der Waals surface area contributed by atoms with Gasteiger partial charge in [0.15, 0.2) is 11.5 Å². The molecule has 13 heavy (non-hydrogen) atoms. The molecule has 0 amide bonds. The van der Waals surface area contributed by atoms with Gasteiger partial charge in [-0.2, -0.15) is 0 Å². The minimum Gasteiger partial charge on any atom is -0.395 e. The van der Waals surface area contributed by atoms with Crippen LogP contribution in [0.4, 0.5) is 13.2 Å². The minimum atomic E-state index is -3.68. The normalized spacial score (nSPS) is 17.5. The van der Waals surface area contributed by atoms with Crippen molar-refractivity contribution in [3.63, 3.8) is 0 Å². The van der Waals surface area contributed by atoms with Gasteiger partial charge in [0, 0.05) is 0 Å². The van der Waals surface area contributed by atoms with E-state index in [1.807, 2.05) is 0 Å². The number of halogens is 4. The molecule has 0 fully saturated rings. The molecule has 1 aliphatic heterocycles. The zero-order valence-corrected chi connectivity index (χ0v) is 8.14. The molecular formula is C7H2F3IO2. The molecule has 2 nitrogen and oxygen atoms in total. The second kappa shape index (κ2) is 2.66. The quantitative estimate of drug-likeness (QED) is 0.686. The Morgan fingerprint density at radius 2 is 1.92 bits per heavy atom. The first-order valence-electron chi connectivity index (χ1n) is 3.23. The van der Waals surface area contributed by atoms with Crippen LogP contribution >= 0.6 is 22.6 Å². The summed E-state index contributed by atoms with van der Waals surface area (Å²) in [5.41, 5.74) is 0. The Balaban J connectivity index is 2.53. The lowest BCUT2D eigenvalue weighted by molar-refractivity contribution is -0.287. The summed E-state index contributed by atoms with van der Waals surface area (Å²) in [7, 11) is 0. The first-order valence-corrected chi connectivity index (χ1v) is 4.31. The lowest BCUT2D eigenvalue weighted by atomic mass is 10.3. The van der Waals surface area contributed by atoms with Crippen LogP contribution in [-0.4, -0.2) is 6.29 Å². The van der Waals surface area contributed by atoms with Gasteiger partial charge in [0.05, 0.1) is 3.57 Å². The van der Waals surface area contributed by atoms with E-state index in [1.54, 1.807) is 22.6 Å². The molecule has 0 bridgehead atoms. The SMILES string of the molecule is Fc1ccc2c(c1I)OC(F)(F)O2. The van der Waals surface area contributed by atoms with Crippen LogP contribution in [0.5, 0.6) is 11.5 Å². The van der Waals surface area contributed by atoms with Crippen molar-refractivity contribution in [1.82, 2.24) is 0 Å². The Kier molecular flexibility index (Phi) is 1.83. The number of benzene rings is 1. The van der Waals surface area contributed by atoms with Crippen LogP contribution in [0.1, 0.15) is 0 Å². The molecule has 70 valence electrons. The average Bonchev–Trinajstić information content (AvgIpc) is 2.34. The average molecular weight is 302 g/mol. The molecule has 0 unspecified atom stereocenters. The monoisotopic (exact) mass is 302 g/mol. The second-order valence-electron chi connectivity index (χ2n) is 2.36. The molecular weight excluding hydrogens is 300 g/mol. The fraction of sp³-hybridized carbons (Fsp3) is 0.143. The lowest BCUT2D eigenvalue weighted by Crippen LogP contribution is -2.26. The number of fused-ring (bicyclic) bond motifs is 1. The number of rotatable bonds is 0. The minimum absolute atomic E-state index is 0.00715. The first-order chi connectivity index (χ1) is 5.99. The summed E-state index contributed by atoms with van der Waals surface area (Å²) in [6.07, 6.45) is -3.68. The Morgan fingerprint density at radius 1 is 1.23 bits per heavy atom. The molecule has 1 aliphatic rings. The smallest absolute Gasteiger partial charge is 0.395 e. The Morgan fingerprint density at radius 3 is 2.62 bits per heavy atom. The third-order valence-corrected chi connectivity index (χ3v) is 2.47. The van der Waals surface area contributed by atoms with Gasteiger partial charge in [-0.3, -0.25) is 0 Å². The topological polar surface area (TPSA) is 18.5 Å². The molecule has 1 aromatic rings. The fourth-order valence-corrected chi connectivity index (χ4v) is 1.51. The van der Waals surface area contributed by atoms with Gasteiger partial charge >= 0.3 is 6.29 Å². The summed E-state index contributed by atoms with van der Waals surface area (Å²) in [5.74, 6) is -0.998.